The average molecular weight is 226 g/mol. The van der Waals surface area contributed by atoms with E-state index in [0.29, 0.717) is 6.61 Å². The Labute approximate surface area is 80.5 Å². The van der Waals surface area contributed by atoms with Crippen molar-refractivity contribution in [1.82, 2.24) is 0 Å². The van der Waals surface area contributed by atoms with Crippen LogP contribution in [0.4, 0.5) is 0 Å². The molecule has 0 saturated heterocycles. The molecule has 0 rings (SSSR count). The highest BCUT2D eigenvalue weighted by Crippen LogP contribution is 2.20. The average Bonchev–Trinajstić information content (AvgIpc) is 1.89. The molecule has 0 aliphatic carbocycles. The number of halogens is 4. The van der Waals surface area contributed by atoms with Gasteiger partial charge in [-0.2, -0.15) is 0 Å². The van der Waals surface area contributed by atoms with Crippen molar-refractivity contribution in [2.24, 2.45) is 0 Å². The topological polar surface area (TPSA) is 20.2 Å². The maximum Gasteiger partial charge on any atom is 0.136 e. The number of hydrogen-bond acceptors (Lipinski definition) is 1. The Morgan fingerprint density at radius 2 is 1.30 bits per heavy atom. The van der Waals surface area contributed by atoms with Crippen molar-refractivity contribution in [3.05, 3.63) is 8.98 Å². The monoisotopic (exact) mass is 224 g/mol. The normalized spacial score (nSPS) is 7.80. The van der Waals surface area contributed by atoms with Crippen LogP contribution >= 0.6 is 46.4 Å². The van der Waals surface area contributed by atoms with E-state index in [9.17, 15) is 0 Å². The molecule has 1 N–H and O–H groups in total. The fraction of sp³-hybridized carbons (Fsp3) is 0.600. The zero-order valence-electron chi connectivity index (χ0n) is 5.37. The van der Waals surface area contributed by atoms with Gasteiger partial charge in [0.2, 0.25) is 0 Å². The minimum atomic E-state index is -0.0988. The quantitative estimate of drug-likeness (QED) is 0.725. The first kappa shape index (κ1) is 13.4. The molecule has 0 spiro atoms. The Morgan fingerprint density at radius 3 is 1.30 bits per heavy atom. The van der Waals surface area contributed by atoms with Crippen molar-refractivity contribution < 1.29 is 5.11 Å². The van der Waals surface area contributed by atoms with Crippen molar-refractivity contribution in [3.8, 4) is 0 Å². The van der Waals surface area contributed by atoms with Gasteiger partial charge in [0.15, 0.2) is 0 Å². The minimum absolute atomic E-state index is 0.0988. The Hall–Kier alpha value is 0.860. The molecule has 0 atom stereocenters. The lowest BCUT2D eigenvalue weighted by Gasteiger charge is -1.75. The number of aliphatic hydroxyl groups excluding tert-OH is 1. The highest BCUT2D eigenvalue weighted by Gasteiger charge is 1.88. The molecule has 62 valence electrons. The van der Waals surface area contributed by atoms with E-state index in [4.69, 9.17) is 51.5 Å². The third-order valence-electron chi connectivity index (χ3n) is 0.366. The van der Waals surface area contributed by atoms with Gasteiger partial charge in [-0.05, 0) is 6.42 Å². The predicted molar refractivity (Wildman–Crippen MR) is 47.8 cm³/mol. The predicted octanol–water partition coefficient (Wildman–Crippen LogP) is 3.46. The van der Waals surface area contributed by atoms with Crippen molar-refractivity contribution in [2.75, 3.05) is 6.61 Å². The second-order valence-corrected chi connectivity index (χ2v) is 3.14. The molecule has 0 heterocycles. The van der Waals surface area contributed by atoms with Gasteiger partial charge in [0.25, 0.3) is 0 Å². The standard InChI is InChI=1S/C3H8O.C2Cl4/c1-2-3-4;3-1(4)2(5)6/h4H,2-3H2,1H3;. The molecule has 0 fully saturated rings. The summed E-state index contributed by atoms with van der Waals surface area (Å²) < 4.78 is -0.198. The Balaban J connectivity index is 0. The van der Waals surface area contributed by atoms with Crippen LogP contribution in [-0.4, -0.2) is 11.7 Å². The molecule has 0 aromatic carbocycles. The number of rotatable bonds is 1. The fourth-order valence-corrected chi connectivity index (χ4v) is 0. The molecule has 0 aliphatic rings. The molecule has 0 unspecified atom stereocenters. The molecule has 1 nitrogen and oxygen atoms in total. The molecular formula is C5H8Cl4O. The van der Waals surface area contributed by atoms with Crippen LogP contribution in [0, 0.1) is 0 Å². The van der Waals surface area contributed by atoms with Crippen LogP contribution in [0.5, 0.6) is 0 Å². The zero-order chi connectivity index (χ0) is 8.57. The summed E-state index contributed by atoms with van der Waals surface area (Å²) in [6.07, 6.45) is 0.875. The van der Waals surface area contributed by atoms with Gasteiger partial charge in [-0.15, -0.1) is 0 Å². The van der Waals surface area contributed by atoms with Gasteiger partial charge >= 0.3 is 0 Å². The van der Waals surface area contributed by atoms with Crippen LogP contribution < -0.4 is 0 Å². The smallest absolute Gasteiger partial charge is 0.136 e. The molecule has 0 radical (unpaired) electrons. The van der Waals surface area contributed by atoms with Gasteiger partial charge in [0, 0.05) is 6.61 Å². The van der Waals surface area contributed by atoms with Crippen LogP contribution in [0.3, 0.4) is 0 Å². The fourth-order valence-electron chi connectivity index (χ4n) is 0. The molecule has 0 amide bonds. The van der Waals surface area contributed by atoms with E-state index in [-0.39, 0.29) is 8.98 Å². The summed E-state index contributed by atoms with van der Waals surface area (Å²) in [5.74, 6) is 0. The molecule has 0 bridgehead atoms. The molecule has 0 aromatic rings. The van der Waals surface area contributed by atoms with Crippen LogP contribution in [-0.2, 0) is 0 Å². The van der Waals surface area contributed by atoms with Crippen LogP contribution in [0.25, 0.3) is 0 Å². The van der Waals surface area contributed by atoms with Gasteiger partial charge in [-0.3, -0.25) is 0 Å². The SMILES string of the molecule is CCCO.ClC(Cl)=C(Cl)Cl. The van der Waals surface area contributed by atoms with Crippen LogP contribution in [0.2, 0.25) is 0 Å². The van der Waals surface area contributed by atoms with E-state index in [1.165, 1.54) is 0 Å². The number of aliphatic hydroxyl groups is 1. The maximum absolute atomic E-state index is 7.88. The van der Waals surface area contributed by atoms with Gasteiger partial charge in [-0.1, -0.05) is 53.3 Å². The first-order valence-corrected chi connectivity index (χ1v) is 4.04. The van der Waals surface area contributed by atoms with Crippen LogP contribution in [0.15, 0.2) is 8.98 Å². The Bertz CT molecular complexity index is 81.8. The second-order valence-electron chi connectivity index (χ2n) is 1.24. The van der Waals surface area contributed by atoms with Gasteiger partial charge in [0.05, 0.1) is 0 Å². The first-order chi connectivity index (χ1) is 4.56. The molecule has 5 heteroatoms. The second kappa shape index (κ2) is 9.86. The van der Waals surface area contributed by atoms with Gasteiger partial charge < -0.3 is 5.11 Å². The first-order valence-electron chi connectivity index (χ1n) is 2.53. The summed E-state index contributed by atoms with van der Waals surface area (Å²) in [6.45, 7) is 2.25. The minimum Gasteiger partial charge on any atom is -0.396 e. The molecule has 0 aliphatic heterocycles. The Morgan fingerprint density at radius 1 is 1.10 bits per heavy atom. The highest BCUT2D eigenvalue weighted by molar-refractivity contribution is 6.67. The summed E-state index contributed by atoms with van der Waals surface area (Å²) in [5.41, 5.74) is 0. The van der Waals surface area contributed by atoms with Crippen molar-refractivity contribution in [1.29, 1.82) is 0 Å². The molecule has 10 heavy (non-hydrogen) atoms. The van der Waals surface area contributed by atoms with E-state index < -0.39 is 0 Å². The summed E-state index contributed by atoms with van der Waals surface area (Å²) in [7, 11) is 0. The Kier molecular flexibility index (Phi) is 13.3. The summed E-state index contributed by atoms with van der Waals surface area (Å²) >= 11 is 20.0. The summed E-state index contributed by atoms with van der Waals surface area (Å²) in [4.78, 5) is 0. The molecule has 0 saturated carbocycles. The highest BCUT2D eigenvalue weighted by atomic mass is 35.5. The lowest BCUT2D eigenvalue weighted by atomic mass is 10.5. The van der Waals surface area contributed by atoms with E-state index in [0.717, 1.165) is 6.42 Å². The van der Waals surface area contributed by atoms with Crippen molar-refractivity contribution >= 4 is 46.4 Å². The van der Waals surface area contributed by atoms with E-state index in [2.05, 4.69) is 0 Å². The van der Waals surface area contributed by atoms with E-state index in [1.54, 1.807) is 0 Å². The molecule has 0 aromatic heterocycles. The largest absolute Gasteiger partial charge is 0.396 e. The summed E-state index contributed by atoms with van der Waals surface area (Å²) in [6, 6.07) is 0. The lowest BCUT2D eigenvalue weighted by molar-refractivity contribution is 0.295. The summed E-state index contributed by atoms with van der Waals surface area (Å²) in [5, 5.41) is 7.88. The van der Waals surface area contributed by atoms with E-state index in [1.807, 2.05) is 6.92 Å². The lowest BCUT2D eigenvalue weighted by Crippen LogP contribution is -1.69. The number of hydrogen-bond donors (Lipinski definition) is 1. The maximum atomic E-state index is 7.88. The van der Waals surface area contributed by atoms with Crippen molar-refractivity contribution in [3.63, 3.8) is 0 Å². The zero-order valence-corrected chi connectivity index (χ0v) is 8.40. The molecular weight excluding hydrogens is 218 g/mol. The van der Waals surface area contributed by atoms with E-state index >= 15 is 0 Å². The van der Waals surface area contributed by atoms with Crippen molar-refractivity contribution in [2.45, 2.75) is 13.3 Å². The van der Waals surface area contributed by atoms with Crippen LogP contribution in [0.1, 0.15) is 13.3 Å². The van der Waals surface area contributed by atoms with Gasteiger partial charge in [-0.25, -0.2) is 0 Å². The third kappa shape index (κ3) is 15.9. The van der Waals surface area contributed by atoms with Gasteiger partial charge in [0.1, 0.15) is 8.98 Å². The third-order valence-corrected chi connectivity index (χ3v) is 1.51.